The van der Waals surface area contributed by atoms with Crippen molar-refractivity contribution >= 4 is 8.32 Å². The molecule has 1 saturated heterocycles. The van der Waals surface area contributed by atoms with Crippen molar-refractivity contribution in [1.29, 1.82) is 0 Å². The molecule has 1 atom stereocenters. The number of nitrogens with zero attached hydrogens (tertiary/aromatic N) is 1. The van der Waals surface area contributed by atoms with Crippen LogP contribution in [0.1, 0.15) is 116 Å². The van der Waals surface area contributed by atoms with Crippen LogP contribution in [-0.4, -0.2) is 14.9 Å². The SMILES string of the molecule is CCCCCCCCCC(CCCCCC)[n+]1ccccc1.C[Si]1(C)CCCCO1. The molecule has 1 aliphatic heterocycles. The molecule has 174 valence electrons. The number of unbranched alkanes of at least 4 members (excludes halogenated alkanes) is 9. The summed E-state index contributed by atoms with van der Waals surface area (Å²) in [5, 5.41) is 0. The van der Waals surface area contributed by atoms with Crippen LogP contribution < -0.4 is 4.57 Å². The van der Waals surface area contributed by atoms with Crippen LogP contribution in [0.2, 0.25) is 19.1 Å². The molecule has 1 fully saturated rings. The average molecular weight is 435 g/mol. The number of aromatic nitrogens is 1. The van der Waals surface area contributed by atoms with Gasteiger partial charge in [-0.15, -0.1) is 0 Å². The summed E-state index contributed by atoms with van der Waals surface area (Å²) in [6.07, 6.45) is 25.3. The van der Waals surface area contributed by atoms with Crippen LogP contribution in [0.4, 0.5) is 0 Å². The lowest BCUT2D eigenvalue weighted by Gasteiger charge is -2.27. The molecule has 0 spiro atoms. The molecule has 2 heterocycles. The van der Waals surface area contributed by atoms with Crippen molar-refractivity contribution in [2.45, 2.75) is 135 Å². The molecule has 0 bridgehead atoms. The standard InChI is InChI=1S/C21H38N.C6H14OSi/c1-3-5-7-9-10-11-14-18-21(17-13-8-6-4-2)22-19-15-12-16-20-22;1-8(2)6-4-3-5-7-8/h12,15-16,19-21H,3-11,13-14,17-18H2,1-2H3;3-6H2,1-2H3/q+1;. The van der Waals surface area contributed by atoms with Gasteiger partial charge in [-0.3, -0.25) is 0 Å². The molecule has 2 rings (SSSR count). The Kier molecular flexibility index (Phi) is 16.4. The molecule has 1 unspecified atom stereocenters. The molecule has 3 heteroatoms. The topological polar surface area (TPSA) is 13.1 Å². The van der Waals surface area contributed by atoms with Crippen molar-refractivity contribution in [3.8, 4) is 0 Å². The monoisotopic (exact) mass is 434 g/mol. The summed E-state index contributed by atoms with van der Waals surface area (Å²) in [7, 11) is -1.09. The molecule has 1 aliphatic rings. The zero-order valence-electron chi connectivity index (χ0n) is 20.8. The molecule has 0 saturated carbocycles. The zero-order valence-corrected chi connectivity index (χ0v) is 21.8. The van der Waals surface area contributed by atoms with Crippen molar-refractivity contribution in [3.05, 3.63) is 30.6 Å². The Morgan fingerprint density at radius 3 is 1.73 bits per heavy atom. The second-order valence-electron chi connectivity index (χ2n) is 9.80. The summed E-state index contributed by atoms with van der Waals surface area (Å²) in [6.45, 7) is 10.2. The van der Waals surface area contributed by atoms with Crippen LogP contribution in [-0.2, 0) is 4.43 Å². The molecule has 0 radical (unpaired) electrons. The van der Waals surface area contributed by atoms with E-state index >= 15 is 0 Å². The lowest BCUT2D eigenvalue weighted by Crippen LogP contribution is -2.38. The molecule has 0 N–H and O–H groups in total. The van der Waals surface area contributed by atoms with Gasteiger partial charge in [-0.05, 0) is 38.4 Å². The van der Waals surface area contributed by atoms with Crippen molar-refractivity contribution in [3.63, 3.8) is 0 Å². The van der Waals surface area contributed by atoms with E-state index in [-0.39, 0.29) is 0 Å². The third-order valence-corrected chi connectivity index (χ3v) is 8.90. The van der Waals surface area contributed by atoms with Gasteiger partial charge in [0.2, 0.25) is 0 Å². The number of rotatable bonds is 14. The highest BCUT2D eigenvalue weighted by Gasteiger charge is 2.24. The summed E-state index contributed by atoms with van der Waals surface area (Å²) < 4.78 is 8.05. The third-order valence-electron chi connectivity index (χ3n) is 6.36. The minimum Gasteiger partial charge on any atom is -0.417 e. The first-order valence-corrected chi connectivity index (χ1v) is 16.3. The molecule has 0 aliphatic carbocycles. The first-order chi connectivity index (χ1) is 14.6. The van der Waals surface area contributed by atoms with Crippen LogP contribution >= 0.6 is 0 Å². The van der Waals surface area contributed by atoms with E-state index in [1.165, 1.54) is 102 Å². The van der Waals surface area contributed by atoms with E-state index in [9.17, 15) is 0 Å². The fourth-order valence-corrected chi connectivity index (χ4v) is 6.26. The Morgan fingerprint density at radius 1 is 0.733 bits per heavy atom. The summed E-state index contributed by atoms with van der Waals surface area (Å²) in [6, 6.07) is 8.55. The van der Waals surface area contributed by atoms with Crippen LogP contribution in [0, 0.1) is 0 Å². The van der Waals surface area contributed by atoms with E-state index in [1.807, 2.05) is 0 Å². The normalized spacial score (nSPS) is 16.5. The second-order valence-corrected chi connectivity index (χ2v) is 14.1. The number of hydrogen-bond acceptors (Lipinski definition) is 1. The van der Waals surface area contributed by atoms with Gasteiger partial charge in [-0.2, -0.15) is 0 Å². The fourth-order valence-electron chi connectivity index (χ4n) is 4.32. The minimum atomic E-state index is -1.09. The van der Waals surface area contributed by atoms with E-state index in [1.54, 1.807) is 0 Å². The van der Waals surface area contributed by atoms with E-state index < -0.39 is 8.32 Å². The highest BCUT2D eigenvalue weighted by molar-refractivity contribution is 6.71. The molecular formula is C27H52NOSi+. The Balaban J connectivity index is 0.000000467. The lowest BCUT2D eigenvalue weighted by molar-refractivity contribution is -0.724. The maximum atomic E-state index is 5.60. The van der Waals surface area contributed by atoms with Gasteiger partial charge in [0.05, 0.1) is 0 Å². The predicted octanol–water partition coefficient (Wildman–Crippen LogP) is 8.63. The van der Waals surface area contributed by atoms with Crippen LogP contribution in [0.5, 0.6) is 0 Å². The largest absolute Gasteiger partial charge is 0.417 e. The first kappa shape index (κ1) is 27.4. The first-order valence-electron chi connectivity index (χ1n) is 13.2. The van der Waals surface area contributed by atoms with E-state index in [2.05, 4.69) is 62.1 Å². The van der Waals surface area contributed by atoms with Gasteiger partial charge in [0.15, 0.2) is 26.8 Å². The number of hydrogen-bond donors (Lipinski definition) is 0. The van der Waals surface area contributed by atoms with Crippen molar-refractivity contribution < 1.29 is 8.99 Å². The fraction of sp³-hybridized carbons (Fsp3) is 0.815. The van der Waals surface area contributed by atoms with Gasteiger partial charge in [0.1, 0.15) is 0 Å². The van der Waals surface area contributed by atoms with Crippen molar-refractivity contribution in [2.24, 2.45) is 0 Å². The van der Waals surface area contributed by atoms with Gasteiger partial charge >= 0.3 is 0 Å². The molecular weight excluding hydrogens is 382 g/mol. The van der Waals surface area contributed by atoms with E-state index in [0.29, 0.717) is 6.04 Å². The Morgan fingerprint density at radius 2 is 1.27 bits per heavy atom. The molecule has 1 aromatic heterocycles. The van der Waals surface area contributed by atoms with E-state index in [0.717, 1.165) is 6.61 Å². The Bertz CT molecular complexity index is 483. The third kappa shape index (κ3) is 14.4. The quantitative estimate of drug-likeness (QED) is 0.162. The molecule has 0 aromatic carbocycles. The lowest BCUT2D eigenvalue weighted by atomic mass is 10.00. The van der Waals surface area contributed by atoms with Crippen molar-refractivity contribution in [2.75, 3.05) is 6.61 Å². The zero-order chi connectivity index (χ0) is 21.9. The van der Waals surface area contributed by atoms with Gasteiger partial charge in [-0.1, -0.05) is 84.1 Å². The van der Waals surface area contributed by atoms with E-state index in [4.69, 9.17) is 4.43 Å². The average Bonchev–Trinajstić information content (AvgIpc) is 2.75. The van der Waals surface area contributed by atoms with Crippen LogP contribution in [0.25, 0.3) is 0 Å². The molecule has 0 amide bonds. The summed E-state index contributed by atoms with van der Waals surface area (Å²) in [5.74, 6) is 0. The molecule has 30 heavy (non-hydrogen) atoms. The van der Waals surface area contributed by atoms with Crippen LogP contribution in [0.3, 0.4) is 0 Å². The van der Waals surface area contributed by atoms with Gasteiger partial charge in [0.25, 0.3) is 0 Å². The maximum absolute atomic E-state index is 5.60. The van der Waals surface area contributed by atoms with Gasteiger partial charge in [-0.25, -0.2) is 4.57 Å². The maximum Gasteiger partial charge on any atom is 0.186 e. The Hall–Kier alpha value is -0.673. The summed E-state index contributed by atoms with van der Waals surface area (Å²) in [5.41, 5.74) is 0. The highest BCUT2D eigenvalue weighted by Crippen LogP contribution is 2.20. The Labute approximate surface area is 190 Å². The summed E-state index contributed by atoms with van der Waals surface area (Å²) in [4.78, 5) is 0. The second kappa shape index (κ2) is 18.0. The van der Waals surface area contributed by atoms with Gasteiger partial charge < -0.3 is 4.43 Å². The van der Waals surface area contributed by atoms with Gasteiger partial charge in [0, 0.05) is 31.6 Å². The highest BCUT2D eigenvalue weighted by atomic mass is 28.4. The predicted molar refractivity (Wildman–Crippen MR) is 135 cm³/mol. The minimum absolute atomic E-state index is 0.716. The van der Waals surface area contributed by atoms with Crippen LogP contribution in [0.15, 0.2) is 30.6 Å². The summed E-state index contributed by atoms with van der Waals surface area (Å²) >= 11 is 0. The molecule has 2 nitrogen and oxygen atoms in total. The van der Waals surface area contributed by atoms with Crippen molar-refractivity contribution in [1.82, 2.24) is 0 Å². The number of pyridine rings is 1. The smallest absolute Gasteiger partial charge is 0.186 e. The molecule has 1 aromatic rings.